The summed E-state index contributed by atoms with van der Waals surface area (Å²) in [5, 5.41) is 6.83. The van der Waals surface area contributed by atoms with Crippen LogP contribution in [0.1, 0.15) is 53.7 Å². The van der Waals surface area contributed by atoms with Gasteiger partial charge in [0.15, 0.2) is 5.82 Å². The van der Waals surface area contributed by atoms with Crippen LogP contribution in [0.25, 0.3) is 0 Å². The van der Waals surface area contributed by atoms with E-state index in [1.54, 1.807) is 33.8 Å². The molecule has 0 amide bonds. The molecule has 0 radical (unpaired) electrons. The van der Waals surface area contributed by atoms with Crippen molar-refractivity contribution >= 4 is 21.0 Å². The molecule has 28 heavy (non-hydrogen) atoms. The van der Waals surface area contributed by atoms with Crippen LogP contribution >= 0.6 is 15.2 Å². The van der Waals surface area contributed by atoms with E-state index in [9.17, 15) is 9.13 Å². The number of hydrogen-bond acceptors (Lipinski definition) is 9. The van der Waals surface area contributed by atoms with Crippen LogP contribution < -0.4 is 5.32 Å². The van der Waals surface area contributed by atoms with Crippen molar-refractivity contribution in [1.29, 1.82) is 0 Å². The lowest BCUT2D eigenvalue weighted by Gasteiger charge is -2.31. The molecule has 1 N–H and O–H groups in total. The van der Waals surface area contributed by atoms with Crippen molar-refractivity contribution in [2.45, 2.75) is 59.9 Å². The Hall–Kier alpha value is -0.690. The molecule has 0 unspecified atom stereocenters. The van der Waals surface area contributed by atoms with Gasteiger partial charge in [0.2, 0.25) is 5.52 Å². The molecular weight excluding hydrogens is 406 g/mol. The van der Waals surface area contributed by atoms with Crippen molar-refractivity contribution < 1.29 is 31.7 Å². The topological polar surface area (TPSA) is 109 Å². The summed E-state index contributed by atoms with van der Waals surface area (Å²) in [6.45, 7) is 11.4. The maximum Gasteiger partial charge on any atom is 0.365 e. The molecule has 164 valence electrons. The number of rotatable bonds is 15. The Labute approximate surface area is 167 Å². The summed E-state index contributed by atoms with van der Waals surface area (Å²) >= 11 is 0. The SMILES string of the molecule is CCOP(=O)(OCC)C(Nc1cc(CCC(C)C)on1)P(=O)(OCC)OCC. The predicted molar refractivity (Wildman–Crippen MR) is 109 cm³/mol. The van der Waals surface area contributed by atoms with E-state index in [0.29, 0.717) is 18.1 Å². The number of nitrogens with zero attached hydrogens (tertiary/aromatic N) is 1. The molecule has 9 nitrogen and oxygen atoms in total. The summed E-state index contributed by atoms with van der Waals surface area (Å²) in [6.07, 6.45) is 1.64. The van der Waals surface area contributed by atoms with Crippen molar-refractivity contribution in [3.05, 3.63) is 11.8 Å². The third-order valence-electron chi connectivity index (χ3n) is 3.64. The summed E-state index contributed by atoms with van der Waals surface area (Å²) < 4.78 is 53.8. The van der Waals surface area contributed by atoms with Gasteiger partial charge in [0.05, 0.1) is 26.4 Å². The van der Waals surface area contributed by atoms with Gasteiger partial charge in [-0.05, 0) is 40.0 Å². The minimum absolute atomic E-state index is 0.103. The maximum absolute atomic E-state index is 13.4. The average molecular weight is 440 g/mol. The second-order valence-electron chi connectivity index (χ2n) is 6.38. The van der Waals surface area contributed by atoms with Crippen LogP contribution in [0, 0.1) is 5.92 Å². The lowest BCUT2D eigenvalue weighted by Crippen LogP contribution is -2.25. The normalized spacial score (nSPS) is 12.9. The number of aryl methyl sites for hydroxylation is 1. The first-order valence-electron chi connectivity index (χ1n) is 9.74. The second-order valence-corrected chi connectivity index (χ2v) is 11.0. The molecule has 1 aromatic rings. The van der Waals surface area contributed by atoms with Crippen molar-refractivity contribution in [3.8, 4) is 0 Å². The Balaban J connectivity index is 3.23. The monoisotopic (exact) mass is 440 g/mol. The second kappa shape index (κ2) is 12.1. The highest BCUT2D eigenvalue weighted by atomic mass is 31.2. The number of aromatic nitrogens is 1. The molecule has 0 aromatic carbocycles. The third-order valence-corrected chi connectivity index (χ3v) is 9.27. The fraction of sp³-hybridized carbons (Fsp3) is 0.824. The molecule has 0 saturated carbocycles. The highest BCUT2D eigenvalue weighted by Gasteiger charge is 2.51. The fourth-order valence-corrected chi connectivity index (χ4v) is 7.39. The van der Waals surface area contributed by atoms with Crippen LogP contribution in [-0.2, 0) is 33.6 Å². The molecule has 1 heterocycles. The van der Waals surface area contributed by atoms with Crippen LogP contribution in [0.3, 0.4) is 0 Å². The predicted octanol–water partition coefficient (Wildman–Crippen LogP) is 5.49. The van der Waals surface area contributed by atoms with Crippen LogP contribution in [0.4, 0.5) is 5.82 Å². The lowest BCUT2D eigenvalue weighted by molar-refractivity contribution is 0.198. The minimum atomic E-state index is -3.90. The van der Waals surface area contributed by atoms with Crippen molar-refractivity contribution in [1.82, 2.24) is 5.16 Å². The van der Waals surface area contributed by atoms with Gasteiger partial charge in [0.25, 0.3) is 0 Å². The molecule has 1 rings (SSSR count). The molecular formula is C17H34N2O7P2. The van der Waals surface area contributed by atoms with E-state index in [-0.39, 0.29) is 32.2 Å². The third kappa shape index (κ3) is 7.29. The fourth-order valence-electron chi connectivity index (χ4n) is 2.47. The zero-order valence-corrected chi connectivity index (χ0v) is 19.5. The number of anilines is 1. The Morgan fingerprint density at radius 3 is 1.82 bits per heavy atom. The van der Waals surface area contributed by atoms with E-state index >= 15 is 0 Å². The van der Waals surface area contributed by atoms with Gasteiger partial charge in [-0.1, -0.05) is 19.0 Å². The van der Waals surface area contributed by atoms with Crippen LogP contribution in [0.5, 0.6) is 0 Å². The zero-order valence-electron chi connectivity index (χ0n) is 17.7. The number of hydrogen-bond donors (Lipinski definition) is 1. The first-order valence-corrected chi connectivity index (χ1v) is 13.0. The van der Waals surface area contributed by atoms with Crippen LogP contribution in [0.15, 0.2) is 10.6 Å². The smallest absolute Gasteiger partial charge is 0.359 e. The number of nitrogens with one attached hydrogen (secondary N) is 1. The summed E-state index contributed by atoms with van der Waals surface area (Å²) in [5.74, 6) is 1.45. The molecule has 0 aliphatic carbocycles. The van der Waals surface area contributed by atoms with Gasteiger partial charge in [-0.2, -0.15) is 0 Å². The molecule has 0 aliphatic rings. The maximum atomic E-state index is 13.4. The van der Waals surface area contributed by atoms with Gasteiger partial charge >= 0.3 is 15.2 Å². The molecule has 0 atom stereocenters. The Bertz CT molecular complexity index is 616. The van der Waals surface area contributed by atoms with Crippen LogP contribution in [0.2, 0.25) is 0 Å². The molecule has 0 bridgehead atoms. The summed E-state index contributed by atoms with van der Waals surface area (Å²) in [7, 11) is -7.81. The zero-order chi connectivity index (χ0) is 21.2. The molecule has 11 heteroatoms. The van der Waals surface area contributed by atoms with Gasteiger partial charge < -0.3 is 27.9 Å². The molecule has 0 saturated heterocycles. The standard InChI is InChI=1S/C17H34N2O7P2/c1-7-22-27(20,23-8-2)17(28(21,24-9-3)25-10-4)18-16-13-15(26-19-16)12-11-14(5)6/h13-14,17H,7-12H2,1-6H3,(H,18,19). The van der Waals surface area contributed by atoms with Gasteiger partial charge in [-0.25, -0.2) is 0 Å². The van der Waals surface area contributed by atoms with E-state index in [1.807, 2.05) is 0 Å². The highest BCUT2D eigenvalue weighted by Crippen LogP contribution is 2.70. The Kier molecular flexibility index (Phi) is 11.0. The largest absolute Gasteiger partial charge is 0.365 e. The van der Waals surface area contributed by atoms with Crippen molar-refractivity contribution in [3.63, 3.8) is 0 Å². The summed E-state index contributed by atoms with van der Waals surface area (Å²) in [6, 6.07) is 1.68. The Morgan fingerprint density at radius 1 is 0.964 bits per heavy atom. The molecule has 0 spiro atoms. The first kappa shape index (κ1) is 25.3. The van der Waals surface area contributed by atoms with E-state index in [1.165, 1.54) is 0 Å². The van der Waals surface area contributed by atoms with Gasteiger partial charge in [0, 0.05) is 12.5 Å². The summed E-state index contributed by atoms with van der Waals surface area (Å²) in [5.41, 5.74) is -1.37. The minimum Gasteiger partial charge on any atom is -0.359 e. The summed E-state index contributed by atoms with van der Waals surface area (Å²) in [4.78, 5) is 0. The first-order chi connectivity index (χ1) is 13.2. The van der Waals surface area contributed by atoms with Gasteiger partial charge in [-0.3, -0.25) is 9.13 Å². The van der Waals surface area contributed by atoms with E-state index < -0.39 is 20.7 Å². The van der Waals surface area contributed by atoms with Crippen molar-refractivity contribution in [2.75, 3.05) is 31.7 Å². The lowest BCUT2D eigenvalue weighted by atomic mass is 10.1. The van der Waals surface area contributed by atoms with E-state index in [2.05, 4.69) is 24.3 Å². The average Bonchev–Trinajstić information content (AvgIpc) is 3.06. The molecule has 0 fully saturated rings. The molecule has 1 aromatic heterocycles. The van der Waals surface area contributed by atoms with Gasteiger partial charge in [-0.15, -0.1) is 0 Å². The van der Waals surface area contributed by atoms with Crippen molar-refractivity contribution in [2.24, 2.45) is 5.92 Å². The highest BCUT2D eigenvalue weighted by molar-refractivity contribution is 7.72. The Morgan fingerprint density at radius 2 is 1.43 bits per heavy atom. The van der Waals surface area contributed by atoms with E-state index in [0.717, 1.165) is 6.42 Å². The molecule has 0 aliphatic heterocycles. The quantitative estimate of drug-likeness (QED) is 0.354. The van der Waals surface area contributed by atoms with Crippen LogP contribution in [-0.4, -0.2) is 37.1 Å². The van der Waals surface area contributed by atoms with E-state index in [4.69, 9.17) is 22.6 Å². The van der Waals surface area contributed by atoms with Gasteiger partial charge in [0.1, 0.15) is 5.76 Å².